The Hall–Kier alpha value is -3.17. The molecule has 2 saturated heterocycles. The van der Waals surface area contributed by atoms with E-state index in [4.69, 9.17) is 4.74 Å². The summed E-state index contributed by atoms with van der Waals surface area (Å²) in [6.45, 7) is 6.00. The molecule has 9 heteroatoms. The van der Waals surface area contributed by atoms with Crippen molar-refractivity contribution in [2.75, 3.05) is 64.3 Å². The normalized spacial score (nSPS) is 17.1. The topological polar surface area (TPSA) is 56.3 Å². The molecule has 0 unspecified atom stereocenters. The Balaban J connectivity index is 1.16. The minimum Gasteiger partial charge on any atom is -0.444 e. The number of fused-ring (bicyclic) bond motifs is 1. The van der Waals surface area contributed by atoms with Gasteiger partial charge in [0.05, 0.1) is 0 Å². The molecular formula is C26H29FN4O3S. The van der Waals surface area contributed by atoms with E-state index in [1.54, 1.807) is 21.1 Å². The van der Waals surface area contributed by atoms with Crippen molar-refractivity contribution in [2.45, 2.75) is 6.61 Å². The molecule has 2 aromatic carbocycles. The minimum atomic E-state index is -0.372. The van der Waals surface area contributed by atoms with Crippen LogP contribution in [0.1, 0.15) is 15.2 Å². The largest absolute Gasteiger partial charge is 0.444 e. The van der Waals surface area contributed by atoms with Crippen molar-refractivity contribution in [1.29, 1.82) is 0 Å². The van der Waals surface area contributed by atoms with E-state index in [1.807, 2.05) is 0 Å². The molecule has 3 aromatic rings. The van der Waals surface area contributed by atoms with Gasteiger partial charge in [-0.05, 0) is 49.5 Å². The van der Waals surface area contributed by atoms with Crippen LogP contribution in [0.4, 0.5) is 14.9 Å². The summed E-state index contributed by atoms with van der Waals surface area (Å²) in [5.41, 5.74) is 1.69. The molecule has 2 amide bonds. The number of benzene rings is 2. The van der Waals surface area contributed by atoms with Crippen LogP contribution >= 0.6 is 11.3 Å². The molecule has 0 spiro atoms. The third kappa shape index (κ3) is 5.26. The van der Waals surface area contributed by atoms with Crippen LogP contribution in [0, 0.1) is 5.82 Å². The number of rotatable bonds is 4. The maximum Gasteiger partial charge on any atom is 0.410 e. The lowest BCUT2D eigenvalue weighted by Gasteiger charge is -2.34. The number of anilines is 1. The van der Waals surface area contributed by atoms with Crippen LogP contribution in [-0.4, -0.2) is 86.1 Å². The quantitative estimate of drug-likeness (QED) is 0.549. The summed E-state index contributed by atoms with van der Waals surface area (Å²) in [6, 6.07) is 14.0. The highest BCUT2D eigenvalue weighted by molar-refractivity contribution is 7.19. The second-order valence-corrected chi connectivity index (χ2v) is 10.2. The summed E-state index contributed by atoms with van der Waals surface area (Å²) in [5, 5.41) is 1.21. The Morgan fingerprint density at radius 1 is 0.914 bits per heavy atom. The van der Waals surface area contributed by atoms with E-state index < -0.39 is 0 Å². The van der Waals surface area contributed by atoms with Crippen molar-refractivity contribution >= 4 is 39.1 Å². The number of carbonyl (C=O) groups is 2. The average molecular weight is 497 g/mol. The number of ether oxygens (including phenoxy) is 1. The molecular weight excluding hydrogens is 467 g/mol. The Bertz CT molecular complexity index is 1200. The second-order valence-electron chi connectivity index (χ2n) is 9.03. The van der Waals surface area contributed by atoms with Crippen molar-refractivity contribution < 1.29 is 18.7 Å². The predicted octanol–water partition coefficient (Wildman–Crippen LogP) is 3.89. The zero-order chi connectivity index (χ0) is 24.4. The number of likely N-dealkylation sites (N-methyl/N-ethyl adjacent to an activating group) is 1. The Morgan fingerprint density at radius 2 is 1.60 bits per heavy atom. The molecule has 0 radical (unpaired) electrons. The third-order valence-electron chi connectivity index (χ3n) is 6.69. The van der Waals surface area contributed by atoms with E-state index in [0.717, 1.165) is 31.1 Å². The Kier molecular flexibility index (Phi) is 6.88. The molecule has 0 N–H and O–H groups in total. The first-order valence-corrected chi connectivity index (χ1v) is 12.7. The van der Waals surface area contributed by atoms with Gasteiger partial charge in [-0.1, -0.05) is 6.07 Å². The Labute approximate surface area is 208 Å². The van der Waals surface area contributed by atoms with Gasteiger partial charge in [0, 0.05) is 78.6 Å². The highest BCUT2D eigenvalue weighted by Crippen LogP contribution is 2.34. The van der Waals surface area contributed by atoms with Crippen molar-refractivity contribution in [3.05, 3.63) is 64.8 Å². The first-order chi connectivity index (χ1) is 17.0. The van der Waals surface area contributed by atoms with Crippen LogP contribution in [0.25, 0.3) is 10.1 Å². The van der Waals surface area contributed by atoms with Crippen LogP contribution in [-0.2, 0) is 11.3 Å². The molecule has 2 aliphatic rings. The SMILES string of the molecule is CN1CCN(c2cccc3sc(COC(=O)N4CCN(C(=O)c5ccc(F)cc5)CC4)cc23)CC1. The van der Waals surface area contributed by atoms with E-state index in [1.165, 1.54) is 40.0 Å². The molecule has 0 atom stereocenters. The molecule has 3 heterocycles. The molecule has 0 saturated carbocycles. The minimum absolute atomic E-state index is 0.153. The number of carbonyl (C=O) groups excluding carboxylic acids is 2. The first-order valence-electron chi connectivity index (χ1n) is 11.9. The van der Waals surface area contributed by atoms with E-state index in [0.29, 0.717) is 31.7 Å². The second kappa shape index (κ2) is 10.2. The molecule has 2 aliphatic heterocycles. The van der Waals surface area contributed by atoms with Crippen molar-refractivity contribution in [3.8, 4) is 0 Å². The summed E-state index contributed by atoms with van der Waals surface area (Å²) < 4.78 is 19.9. The van der Waals surface area contributed by atoms with Gasteiger partial charge in [0.1, 0.15) is 12.4 Å². The molecule has 35 heavy (non-hydrogen) atoms. The molecule has 0 bridgehead atoms. The van der Waals surface area contributed by atoms with E-state index in [9.17, 15) is 14.0 Å². The summed E-state index contributed by atoms with van der Waals surface area (Å²) in [5.74, 6) is -0.525. The smallest absolute Gasteiger partial charge is 0.410 e. The van der Waals surface area contributed by atoms with Crippen molar-refractivity contribution in [2.24, 2.45) is 0 Å². The fourth-order valence-corrected chi connectivity index (χ4v) is 5.58. The van der Waals surface area contributed by atoms with Crippen LogP contribution in [0.5, 0.6) is 0 Å². The van der Waals surface area contributed by atoms with Gasteiger partial charge < -0.3 is 24.3 Å². The third-order valence-corrected chi connectivity index (χ3v) is 7.76. The van der Waals surface area contributed by atoms with Crippen LogP contribution in [0.15, 0.2) is 48.5 Å². The van der Waals surface area contributed by atoms with Crippen molar-refractivity contribution in [3.63, 3.8) is 0 Å². The van der Waals surface area contributed by atoms with E-state index >= 15 is 0 Å². The Morgan fingerprint density at radius 3 is 2.31 bits per heavy atom. The van der Waals surface area contributed by atoms with Gasteiger partial charge in [-0.25, -0.2) is 9.18 Å². The maximum absolute atomic E-state index is 13.1. The number of piperazine rings is 2. The van der Waals surface area contributed by atoms with Gasteiger partial charge in [-0.3, -0.25) is 4.79 Å². The van der Waals surface area contributed by atoms with E-state index in [2.05, 4.69) is 41.1 Å². The lowest BCUT2D eigenvalue weighted by Crippen LogP contribution is -2.50. The molecule has 7 nitrogen and oxygen atoms in total. The van der Waals surface area contributed by atoms with Gasteiger partial charge in [-0.15, -0.1) is 11.3 Å². The highest BCUT2D eigenvalue weighted by atomic mass is 32.1. The van der Waals surface area contributed by atoms with Gasteiger partial charge in [0.25, 0.3) is 5.91 Å². The highest BCUT2D eigenvalue weighted by Gasteiger charge is 2.26. The maximum atomic E-state index is 13.1. The number of nitrogens with zero attached hydrogens (tertiary/aromatic N) is 4. The van der Waals surface area contributed by atoms with Gasteiger partial charge in [0.15, 0.2) is 0 Å². The molecule has 1 aromatic heterocycles. The fourth-order valence-electron chi connectivity index (χ4n) is 4.58. The summed E-state index contributed by atoms with van der Waals surface area (Å²) in [4.78, 5) is 34.4. The number of hydrogen-bond acceptors (Lipinski definition) is 6. The van der Waals surface area contributed by atoms with Gasteiger partial charge >= 0.3 is 6.09 Å². The molecule has 0 aliphatic carbocycles. The first kappa shape index (κ1) is 23.6. The van der Waals surface area contributed by atoms with Crippen molar-refractivity contribution in [1.82, 2.24) is 14.7 Å². The lowest BCUT2D eigenvalue weighted by molar-refractivity contribution is 0.0546. The number of halogens is 1. The summed E-state index contributed by atoms with van der Waals surface area (Å²) in [6.07, 6.45) is -0.365. The van der Waals surface area contributed by atoms with Gasteiger partial charge in [-0.2, -0.15) is 0 Å². The number of amides is 2. The molecule has 5 rings (SSSR count). The molecule has 2 fully saturated rings. The van der Waals surface area contributed by atoms with Crippen LogP contribution in [0.3, 0.4) is 0 Å². The van der Waals surface area contributed by atoms with Crippen LogP contribution < -0.4 is 4.90 Å². The number of thiophene rings is 1. The average Bonchev–Trinajstić information content (AvgIpc) is 3.31. The van der Waals surface area contributed by atoms with Crippen LogP contribution in [0.2, 0.25) is 0 Å². The monoisotopic (exact) mass is 496 g/mol. The zero-order valence-corrected chi connectivity index (χ0v) is 20.6. The zero-order valence-electron chi connectivity index (χ0n) is 19.8. The molecule has 184 valence electrons. The fraction of sp³-hybridized carbons (Fsp3) is 0.385. The van der Waals surface area contributed by atoms with Gasteiger partial charge in [0.2, 0.25) is 0 Å². The summed E-state index contributed by atoms with van der Waals surface area (Å²) >= 11 is 1.66. The summed E-state index contributed by atoms with van der Waals surface area (Å²) in [7, 11) is 2.15. The standard InChI is InChI=1S/C26H29FN4O3S/c1-28-9-11-29(12-10-28)23-3-2-4-24-22(23)17-21(35-24)18-34-26(33)31-15-13-30(14-16-31)25(32)19-5-7-20(27)8-6-19/h2-8,17H,9-16,18H2,1H3. The van der Waals surface area contributed by atoms with E-state index in [-0.39, 0.29) is 24.4 Å². The lowest BCUT2D eigenvalue weighted by atomic mass is 10.1. The number of hydrogen-bond donors (Lipinski definition) is 0. The predicted molar refractivity (Wildman–Crippen MR) is 136 cm³/mol.